The molecule has 0 aromatic heterocycles. The number of ether oxygens (including phenoxy) is 1. The zero-order valence-electron chi connectivity index (χ0n) is 13.7. The highest BCUT2D eigenvalue weighted by molar-refractivity contribution is 6.32. The highest BCUT2D eigenvalue weighted by Crippen LogP contribution is 2.33. The van der Waals surface area contributed by atoms with Crippen molar-refractivity contribution < 1.29 is 32.6 Å². The average molecular weight is 380 g/mol. The third-order valence-corrected chi connectivity index (χ3v) is 2.41. The molecule has 138 valence electrons. The summed E-state index contributed by atoms with van der Waals surface area (Å²) in [6.07, 6.45) is -0.0334. The Labute approximate surface area is 148 Å². The lowest BCUT2D eigenvalue weighted by atomic mass is 10.2. The second kappa shape index (κ2) is 9.79. The molecule has 9 heteroatoms. The first-order valence-electron chi connectivity index (χ1n) is 6.92. The summed E-state index contributed by atoms with van der Waals surface area (Å²) in [5.74, 6) is -0.470. The molecule has 1 rings (SSSR count). The van der Waals surface area contributed by atoms with Crippen LogP contribution in [0.5, 0.6) is 5.75 Å². The van der Waals surface area contributed by atoms with Crippen molar-refractivity contribution in [3.8, 4) is 18.1 Å². The smallest absolute Gasteiger partial charge is 0.480 e. The molecule has 1 aromatic rings. The number of halogens is 4. The average Bonchev–Trinajstić information content (AvgIpc) is 2.44. The number of rotatable bonds is 4. The first-order valence-corrected chi connectivity index (χ1v) is 7.30. The van der Waals surface area contributed by atoms with E-state index in [1.807, 2.05) is 0 Å². The summed E-state index contributed by atoms with van der Waals surface area (Å²) in [7, 11) is 0. The Morgan fingerprint density at radius 2 is 1.88 bits per heavy atom. The van der Waals surface area contributed by atoms with Crippen molar-refractivity contribution >= 4 is 29.2 Å². The predicted molar refractivity (Wildman–Crippen MR) is 87.5 cm³/mol. The maximum atomic E-state index is 12.1. The van der Waals surface area contributed by atoms with Crippen molar-refractivity contribution in [2.24, 2.45) is 5.92 Å². The van der Waals surface area contributed by atoms with Gasteiger partial charge in [0.1, 0.15) is 12.3 Å². The number of benzene rings is 1. The maximum Gasteiger partial charge on any atom is 0.573 e. The highest BCUT2D eigenvalue weighted by atomic mass is 35.5. The van der Waals surface area contributed by atoms with Gasteiger partial charge in [0.2, 0.25) is 0 Å². The van der Waals surface area contributed by atoms with Crippen LogP contribution in [0, 0.1) is 18.3 Å². The Morgan fingerprint density at radius 3 is 2.24 bits per heavy atom. The van der Waals surface area contributed by atoms with Crippen molar-refractivity contribution in [3.05, 3.63) is 23.2 Å². The zero-order chi connectivity index (χ0) is 19.8. The second-order valence-corrected chi connectivity index (χ2v) is 5.73. The van der Waals surface area contributed by atoms with Gasteiger partial charge >= 0.3 is 18.2 Å². The number of aliphatic carboxylic acids is 1. The Kier molecular flexibility index (Phi) is 8.85. The van der Waals surface area contributed by atoms with E-state index in [1.54, 1.807) is 5.92 Å². The third kappa shape index (κ3) is 9.47. The van der Waals surface area contributed by atoms with Crippen LogP contribution in [0.2, 0.25) is 5.02 Å². The van der Waals surface area contributed by atoms with Gasteiger partial charge in [0.25, 0.3) is 0 Å². The molecule has 0 atom stereocenters. The number of amides is 1. The van der Waals surface area contributed by atoms with Crippen LogP contribution < -0.4 is 9.64 Å². The minimum absolute atomic E-state index is 0.0696. The van der Waals surface area contributed by atoms with E-state index >= 15 is 0 Å². The Hall–Kier alpha value is -2.40. The Bertz CT molecular complexity index is 651. The van der Waals surface area contributed by atoms with Gasteiger partial charge in [-0.2, -0.15) is 0 Å². The van der Waals surface area contributed by atoms with E-state index in [2.05, 4.69) is 25.5 Å². The minimum atomic E-state index is -4.93. The minimum Gasteiger partial charge on any atom is -0.480 e. The van der Waals surface area contributed by atoms with Crippen molar-refractivity contribution in [3.63, 3.8) is 0 Å². The number of nitrogens with zero attached hydrogens (tertiary/aromatic N) is 1. The quantitative estimate of drug-likeness (QED) is 0.804. The summed E-state index contributed by atoms with van der Waals surface area (Å²) in [6.45, 7) is 5.73. The number of carboxylic acids is 1. The van der Waals surface area contributed by atoms with Gasteiger partial charge in [-0.1, -0.05) is 32.4 Å². The number of hydrogen-bond donors (Lipinski definition) is 1. The van der Waals surface area contributed by atoms with Crippen molar-refractivity contribution in [1.29, 1.82) is 0 Å². The Morgan fingerprint density at radius 1 is 1.36 bits per heavy atom. The van der Waals surface area contributed by atoms with Crippen molar-refractivity contribution in [2.75, 3.05) is 11.4 Å². The standard InChI is InChI=1S/C12H7ClF3NO4.C4H10/c1-2-10(18)17(6-11(19)20)7-3-4-9(8(13)5-7)21-12(14,15)16;1-4(2)3/h1,3-5H,6H2,(H,19,20);4H,1-3H3. The summed E-state index contributed by atoms with van der Waals surface area (Å²) in [6, 6.07) is 2.83. The molecular weight excluding hydrogens is 363 g/mol. The monoisotopic (exact) mass is 379 g/mol. The SMILES string of the molecule is C#CC(=O)N(CC(=O)O)c1ccc(OC(F)(F)F)c(Cl)c1.CC(C)C. The molecule has 0 aliphatic heterocycles. The van der Waals surface area contributed by atoms with Crippen LogP contribution >= 0.6 is 11.6 Å². The summed E-state index contributed by atoms with van der Waals surface area (Å²) in [5, 5.41) is 8.24. The van der Waals surface area contributed by atoms with E-state index in [0.717, 1.165) is 24.1 Å². The lowest BCUT2D eigenvalue weighted by Gasteiger charge is -2.19. The Balaban J connectivity index is 0.00000129. The molecule has 5 nitrogen and oxygen atoms in total. The molecule has 0 aliphatic rings. The summed E-state index contributed by atoms with van der Waals surface area (Å²) in [5.41, 5.74) is -0.0696. The lowest BCUT2D eigenvalue weighted by molar-refractivity contribution is -0.274. The van der Waals surface area contributed by atoms with Gasteiger partial charge < -0.3 is 9.84 Å². The van der Waals surface area contributed by atoms with Crippen LogP contribution in [-0.2, 0) is 9.59 Å². The van der Waals surface area contributed by atoms with Gasteiger partial charge in [-0.05, 0) is 30.0 Å². The molecule has 1 amide bonds. The molecule has 0 aliphatic carbocycles. The second-order valence-electron chi connectivity index (χ2n) is 5.32. The van der Waals surface area contributed by atoms with Gasteiger partial charge in [-0.25, -0.2) is 0 Å². The molecule has 0 saturated heterocycles. The van der Waals surface area contributed by atoms with Gasteiger partial charge in [-0.15, -0.1) is 19.6 Å². The normalized spacial score (nSPS) is 10.4. The lowest BCUT2D eigenvalue weighted by Crippen LogP contribution is -2.34. The van der Waals surface area contributed by atoms with Gasteiger partial charge in [0, 0.05) is 5.69 Å². The maximum absolute atomic E-state index is 12.1. The molecule has 0 saturated carbocycles. The number of carboxylic acid groups (broad SMARTS) is 1. The first kappa shape index (κ1) is 22.6. The molecule has 25 heavy (non-hydrogen) atoms. The number of anilines is 1. The van der Waals surface area contributed by atoms with Gasteiger partial charge in [-0.3, -0.25) is 14.5 Å². The third-order valence-electron chi connectivity index (χ3n) is 2.11. The first-order chi connectivity index (χ1) is 11.4. The molecule has 0 heterocycles. The summed E-state index contributed by atoms with van der Waals surface area (Å²) < 4.78 is 39.9. The van der Waals surface area contributed by atoms with Crippen molar-refractivity contribution in [1.82, 2.24) is 0 Å². The van der Waals surface area contributed by atoms with Crippen LogP contribution in [-0.4, -0.2) is 29.9 Å². The molecule has 0 bridgehead atoms. The van der Waals surface area contributed by atoms with E-state index in [-0.39, 0.29) is 5.69 Å². The molecule has 0 unspecified atom stereocenters. The van der Waals surface area contributed by atoms with E-state index in [0.29, 0.717) is 4.90 Å². The number of alkyl halides is 3. The van der Waals surface area contributed by atoms with E-state index in [9.17, 15) is 22.8 Å². The fraction of sp³-hybridized carbons (Fsp3) is 0.375. The summed E-state index contributed by atoms with van der Waals surface area (Å²) in [4.78, 5) is 22.8. The van der Waals surface area contributed by atoms with Gasteiger partial charge in [0.05, 0.1) is 5.02 Å². The fourth-order valence-electron chi connectivity index (χ4n) is 1.36. The highest BCUT2D eigenvalue weighted by Gasteiger charge is 2.32. The molecular formula is C16H17ClF3NO4. The molecule has 1 N–H and O–H groups in total. The topological polar surface area (TPSA) is 66.8 Å². The fourth-order valence-corrected chi connectivity index (χ4v) is 1.57. The molecule has 0 fully saturated rings. The number of terminal acetylenes is 1. The molecule has 1 aromatic carbocycles. The number of carbonyl (C=O) groups excluding carboxylic acids is 1. The van der Waals surface area contributed by atoms with E-state index in [1.165, 1.54) is 0 Å². The van der Waals surface area contributed by atoms with Crippen LogP contribution in [0.4, 0.5) is 18.9 Å². The molecule has 0 radical (unpaired) electrons. The van der Waals surface area contributed by atoms with Gasteiger partial charge in [0.15, 0.2) is 0 Å². The summed E-state index contributed by atoms with van der Waals surface area (Å²) >= 11 is 5.60. The predicted octanol–water partition coefficient (Wildman–Crippen LogP) is 3.95. The van der Waals surface area contributed by atoms with E-state index < -0.39 is 35.6 Å². The van der Waals surface area contributed by atoms with Crippen LogP contribution in [0.15, 0.2) is 18.2 Å². The van der Waals surface area contributed by atoms with Crippen LogP contribution in [0.1, 0.15) is 20.8 Å². The van der Waals surface area contributed by atoms with E-state index in [4.69, 9.17) is 23.1 Å². The van der Waals surface area contributed by atoms with Crippen LogP contribution in [0.25, 0.3) is 0 Å². The largest absolute Gasteiger partial charge is 0.573 e. The van der Waals surface area contributed by atoms with Crippen LogP contribution in [0.3, 0.4) is 0 Å². The number of hydrogen-bond acceptors (Lipinski definition) is 3. The number of carbonyl (C=O) groups is 2. The molecule has 0 spiro atoms. The zero-order valence-corrected chi connectivity index (χ0v) is 14.5. The van der Waals surface area contributed by atoms with Crippen molar-refractivity contribution in [2.45, 2.75) is 27.1 Å².